The number of nitrogens with zero attached hydrogens (tertiary/aromatic N) is 2. The zero-order chi connectivity index (χ0) is 21.1. The first-order valence-corrected chi connectivity index (χ1v) is 11.0. The minimum Gasteiger partial charge on any atom is -0.457 e. The van der Waals surface area contributed by atoms with Crippen LogP contribution < -0.4 is 5.32 Å². The van der Waals surface area contributed by atoms with Gasteiger partial charge in [-0.2, -0.15) is 5.26 Å². The Morgan fingerprint density at radius 3 is 2.83 bits per heavy atom. The molecule has 1 N–H and O–H groups in total. The highest BCUT2D eigenvalue weighted by Gasteiger charge is 2.15. The number of thiophene rings is 1. The molecule has 4 rings (SSSR count). The first-order chi connectivity index (χ1) is 14.5. The highest BCUT2D eigenvalue weighted by Crippen LogP contribution is 2.32. The van der Waals surface area contributed by atoms with Crippen LogP contribution in [0.3, 0.4) is 0 Å². The second-order valence-electron chi connectivity index (χ2n) is 5.97. The number of anilines is 1. The second-order valence-corrected chi connectivity index (χ2v) is 8.61. The number of aromatic nitrogens is 1. The van der Waals surface area contributed by atoms with E-state index in [-0.39, 0.29) is 5.57 Å². The Labute approximate surface area is 189 Å². The van der Waals surface area contributed by atoms with Crippen molar-refractivity contribution < 1.29 is 9.21 Å². The van der Waals surface area contributed by atoms with Crippen molar-refractivity contribution in [1.82, 2.24) is 4.98 Å². The molecule has 0 radical (unpaired) electrons. The SMILES string of the molecule is N#CC(=Cc1ccc(-c2cc(Cl)ccc2Cl)o1)C(=O)Nc1nc(-c2cccs2)cs1. The zero-order valence-electron chi connectivity index (χ0n) is 15.1. The van der Waals surface area contributed by atoms with Gasteiger partial charge in [0, 0.05) is 22.0 Å². The van der Waals surface area contributed by atoms with Crippen molar-refractivity contribution in [2.45, 2.75) is 0 Å². The van der Waals surface area contributed by atoms with E-state index in [9.17, 15) is 10.1 Å². The number of hydrogen-bond acceptors (Lipinski definition) is 6. The Hall–Kier alpha value is -2.89. The van der Waals surface area contributed by atoms with E-state index in [0.29, 0.717) is 32.3 Å². The van der Waals surface area contributed by atoms with Crippen molar-refractivity contribution in [2.75, 3.05) is 5.32 Å². The number of furan rings is 1. The van der Waals surface area contributed by atoms with Gasteiger partial charge in [-0.3, -0.25) is 10.1 Å². The van der Waals surface area contributed by atoms with E-state index in [4.69, 9.17) is 27.6 Å². The first kappa shape index (κ1) is 20.4. The van der Waals surface area contributed by atoms with Crippen LogP contribution in [0.4, 0.5) is 5.13 Å². The topological polar surface area (TPSA) is 78.9 Å². The third-order valence-corrected chi connectivity index (χ3v) is 6.19. The van der Waals surface area contributed by atoms with Crippen LogP contribution in [0.2, 0.25) is 10.0 Å². The van der Waals surface area contributed by atoms with Crippen molar-refractivity contribution in [1.29, 1.82) is 5.26 Å². The summed E-state index contributed by atoms with van der Waals surface area (Å²) in [7, 11) is 0. The minimum atomic E-state index is -0.566. The summed E-state index contributed by atoms with van der Waals surface area (Å²) < 4.78 is 5.73. The van der Waals surface area contributed by atoms with Gasteiger partial charge in [-0.05, 0) is 41.8 Å². The number of carbonyl (C=O) groups excluding carboxylic acids is 1. The van der Waals surface area contributed by atoms with Crippen molar-refractivity contribution in [2.24, 2.45) is 0 Å². The summed E-state index contributed by atoms with van der Waals surface area (Å²) in [5.74, 6) is 0.251. The van der Waals surface area contributed by atoms with Gasteiger partial charge >= 0.3 is 0 Å². The molecule has 30 heavy (non-hydrogen) atoms. The molecule has 0 saturated carbocycles. The number of rotatable bonds is 5. The molecule has 1 aromatic carbocycles. The van der Waals surface area contributed by atoms with Crippen LogP contribution in [0.5, 0.6) is 0 Å². The summed E-state index contributed by atoms with van der Waals surface area (Å²) in [5.41, 5.74) is 1.29. The third-order valence-electron chi connectivity index (χ3n) is 3.97. The predicted octanol–water partition coefficient (Wildman–Crippen LogP) is 6.98. The normalized spacial score (nSPS) is 11.3. The van der Waals surface area contributed by atoms with E-state index in [2.05, 4.69) is 10.3 Å². The fraction of sp³-hybridized carbons (Fsp3) is 0. The van der Waals surface area contributed by atoms with Gasteiger partial charge < -0.3 is 4.42 Å². The van der Waals surface area contributed by atoms with Gasteiger partial charge in [-0.15, -0.1) is 22.7 Å². The molecule has 0 fully saturated rings. The van der Waals surface area contributed by atoms with Gasteiger partial charge in [0.15, 0.2) is 5.13 Å². The molecule has 0 aliphatic rings. The zero-order valence-corrected chi connectivity index (χ0v) is 18.2. The summed E-state index contributed by atoms with van der Waals surface area (Å²) in [6.45, 7) is 0. The molecule has 148 valence electrons. The molecule has 3 heterocycles. The fourth-order valence-corrected chi connectivity index (χ4v) is 4.43. The van der Waals surface area contributed by atoms with Gasteiger partial charge in [0.05, 0.1) is 15.6 Å². The van der Waals surface area contributed by atoms with Gasteiger partial charge in [0.2, 0.25) is 0 Å². The number of hydrogen-bond donors (Lipinski definition) is 1. The molecular formula is C21H11Cl2N3O2S2. The Bertz CT molecular complexity index is 1280. The maximum absolute atomic E-state index is 12.5. The molecule has 1 amide bonds. The lowest BCUT2D eigenvalue weighted by Crippen LogP contribution is -2.13. The molecule has 0 bridgehead atoms. The number of thiazole rings is 1. The average Bonchev–Trinajstić information content (AvgIpc) is 3.49. The Morgan fingerprint density at radius 1 is 1.20 bits per heavy atom. The van der Waals surface area contributed by atoms with E-state index in [0.717, 1.165) is 10.6 Å². The lowest BCUT2D eigenvalue weighted by molar-refractivity contribution is -0.112. The molecule has 3 aromatic heterocycles. The standard InChI is InChI=1S/C21H11Cl2N3O2S2/c22-13-3-5-16(23)15(9-13)18-6-4-14(28-18)8-12(10-24)20(27)26-21-25-17(11-30-21)19-2-1-7-29-19/h1-9,11H,(H,25,26,27). The monoisotopic (exact) mass is 471 g/mol. The fourth-order valence-electron chi connectivity index (χ4n) is 2.59. The largest absolute Gasteiger partial charge is 0.457 e. The van der Waals surface area contributed by atoms with Crippen LogP contribution >= 0.6 is 45.9 Å². The molecule has 0 aliphatic heterocycles. The Balaban J connectivity index is 1.53. The van der Waals surface area contributed by atoms with E-state index < -0.39 is 5.91 Å². The van der Waals surface area contributed by atoms with Crippen molar-refractivity contribution in [3.05, 3.63) is 74.6 Å². The van der Waals surface area contributed by atoms with E-state index >= 15 is 0 Å². The lowest BCUT2D eigenvalue weighted by atomic mass is 10.2. The summed E-state index contributed by atoms with van der Waals surface area (Å²) in [5, 5.41) is 17.3. The number of amides is 1. The Morgan fingerprint density at radius 2 is 2.07 bits per heavy atom. The quantitative estimate of drug-likeness (QED) is 0.251. The van der Waals surface area contributed by atoms with Crippen molar-refractivity contribution in [3.8, 4) is 28.0 Å². The van der Waals surface area contributed by atoms with E-state index in [1.807, 2.05) is 29.0 Å². The second kappa shape index (κ2) is 8.86. The highest BCUT2D eigenvalue weighted by molar-refractivity contribution is 7.16. The van der Waals surface area contributed by atoms with Crippen LogP contribution in [0.25, 0.3) is 28.0 Å². The Kier molecular flexibility index (Phi) is 6.02. The lowest BCUT2D eigenvalue weighted by Gasteiger charge is -2.01. The van der Waals surface area contributed by atoms with Gasteiger partial charge in [-0.1, -0.05) is 29.3 Å². The number of nitriles is 1. The number of halogens is 2. The molecule has 0 unspecified atom stereocenters. The van der Waals surface area contributed by atoms with Crippen LogP contribution in [0.15, 0.2) is 63.2 Å². The van der Waals surface area contributed by atoms with Crippen LogP contribution in [0, 0.1) is 11.3 Å². The number of benzene rings is 1. The summed E-state index contributed by atoms with van der Waals surface area (Å²) in [6, 6.07) is 14.2. The van der Waals surface area contributed by atoms with Crippen molar-refractivity contribution in [3.63, 3.8) is 0 Å². The number of carbonyl (C=O) groups is 1. The van der Waals surface area contributed by atoms with Crippen LogP contribution in [-0.4, -0.2) is 10.9 Å². The maximum atomic E-state index is 12.5. The van der Waals surface area contributed by atoms with Gasteiger partial charge in [0.1, 0.15) is 23.2 Å². The van der Waals surface area contributed by atoms with E-state index in [1.165, 1.54) is 17.4 Å². The van der Waals surface area contributed by atoms with Crippen molar-refractivity contribution >= 4 is 63.0 Å². The number of nitrogens with one attached hydrogen (secondary N) is 1. The molecule has 9 heteroatoms. The molecule has 0 aliphatic carbocycles. The van der Waals surface area contributed by atoms with Gasteiger partial charge in [-0.25, -0.2) is 4.98 Å². The van der Waals surface area contributed by atoms with Gasteiger partial charge in [0.25, 0.3) is 5.91 Å². The smallest absolute Gasteiger partial charge is 0.268 e. The molecule has 0 spiro atoms. The van der Waals surface area contributed by atoms with E-state index in [1.54, 1.807) is 41.7 Å². The highest BCUT2D eigenvalue weighted by atomic mass is 35.5. The summed E-state index contributed by atoms with van der Waals surface area (Å²) >= 11 is 15.1. The predicted molar refractivity (Wildman–Crippen MR) is 122 cm³/mol. The molecule has 0 saturated heterocycles. The third kappa shape index (κ3) is 4.48. The summed E-state index contributed by atoms with van der Waals surface area (Å²) in [6.07, 6.45) is 1.37. The summed E-state index contributed by atoms with van der Waals surface area (Å²) in [4.78, 5) is 17.9. The first-order valence-electron chi connectivity index (χ1n) is 8.51. The molecule has 5 nitrogen and oxygen atoms in total. The average molecular weight is 472 g/mol. The molecule has 4 aromatic rings. The molecular weight excluding hydrogens is 461 g/mol. The van der Waals surface area contributed by atoms with Crippen LogP contribution in [0.1, 0.15) is 5.76 Å². The van der Waals surface area contributed by atoms with Crippen LogP contribution in [-0.2, 0) is 4.79 Å². The minimum absolute atomic E-state index is 0.110. The molecule has 0 atom stereocenters. The maximum Gasteiger partial charge on any atom is 0.268 e.